The molecule has 24 heavy (non-hydrogen) atoms. The zero-order valence-electron chi connectivity index (χ0n) is 13.4. The van der Waals surface area contributed by atoms with Crippen LogP contribution in [0.3, 0.4) is 0 Å². The summed E-state index contributed by atoms with van der Waals surface area (Å²) in [6.07, 6.45) is 1.57. The highest BCUT2D eigenvalue weighted by molar-refractivity contribution is 6.39. The summed E-state index contributed by atoms with van der Waals surface area (Å²) in [5, 5.41) is 6.82. The fourth-order valence-electron chi connectivity index (χ4n) is 1.96. The number of amides is 2. The molecule has 0 aliphatic rings. The molecule has 2 aromatic rings. The average Bonchev–Trinajstić information content (AvgIpc) is 2.58. The molecular weight excluding hydrogens is 326 g/mol. The second kappa shape index (κ2) is 8.26. The van der Waals surface area contributed by atoms with Gasteiger partial charge in [-0.1, -0.05) is 54.9 Å². The number of nitrogens with zero attached hydrogens (tertiary/aromatic N) is 1. The molecule has 2 amide bonds. The summed E-state index contributed by atoms with van der Waals surface area (Å²) < 4.78 is 0. The van der Waals surface area contributed by atoms with Crippen molar-refractivity contribution in [2.24, 2.45) is 5.10 Å². The van der Waals surface area contributed by atoms with Gasteiger partial charge in [-0.05, 0) is 30.2 Å². The van der Waals surface area contributed by atoms with Crippen molar-refractivity contribution >= 4 is 35.3 Å². The van der Waals surface area contributed by atoms with Crippen LogP contribution in [-0.2, 0) is 9.59 Å². The average molecular weight is 344 g/mol. The highest BCUT2D eigenvalue weighted by Gasteiger charge is 2.13. The van der Waals surface area contributed by atoms with Gasteiger partial charge in [-0.2, -0.15) is 5.10 Å². The molecule has 0 bridgehead atoms. The fourth-order valence-corrected chi connectivity index (χ4v) is 2.14. The van der Waals surface area contributed by atoms with Gasteiger partial charge in [-0.25, -0.2) is 5.43 Å². The molecule has 0 spiro atoms. The summed E-state index contributed by atoms with van der Waals surface area (Å²) in [6.45, 7) is 3.79. The maximum absolute atomic E-state index is 11.8. The Morgan fingerprint density at radius 3 is 2.50 bits per heavy atom. The Labute approximate surface area is 145 Å². The molecule has 1 unspecified atom stereocenters. The highest BCUT2D eigenvalue weighted by atomic mass is 35.5. The minimum absolute atomic E-state index is 0.0190. The molecule has 1 atom stereocenters. The van der Waals surface area contributed by atoms with Crippen LogP contribution >= 0.6 is 11.6 Å². The van der Waals surface area contributed by atoms with Crippen molar-refractivity contribution in [3.63, 3.8) is 0 Å². The highest BCUT2D eigenvalue weighted by Crippen LogP contribution is 2.19. The van der Waals surface area contributed by atoms with Gasteiger partial charge >= 0.3 is 11.8 Å². The Balaban J connectivity index is 1.88. The summed E-state index contributed by atoms with van der Waals surface area (Å²) in [4.78, 5) is 23.6. The predicted molar refractivity (Wildman–Crippen MR) is 96.3 cm³/mol. The molecule has 0 aliphatic carbocycles. The summed E-state index contributed by atoms with van der Waals surface area (Å²) in [7, 11) is 0. The molecule has 0 radical (unpaired) electrons. The number of hydrogen-bond acceptors (Lipinski definition) is 3. The number of benzene rings is 2. The van der Waals surface area contributed by atoms with Gasteiger partial charge in [-0.3, -0.25) is 9.59 Å². The number of carbonyl (C=O) groups is 2. The molecule has 0 fully saturated rings. The first-order chi connectivity index (χ1) is 11.5. The van der Waals surface area contributed by atoms with E-state index in [0.717, 1.165) is 11.1 Å². The molecule has 0 aromatic heterocycles. The van der Waals surface area contributed by atoms with Gasteiger partial charge in [0.15, 0.2) is 0 Å². The number of nitrogens with one attached hydrogen (secondary N) is 2. The van der Waals surface area contributed by atoms with Crippen LogP contribution in [0.2, 0.25) is 5.02 Å². The van der Waals surface area contributed by atoms with Gasteiger partial charge < -0.3 is 5.32 Å². The van der Waals surface area contributed by atoms with Crippen LogP contribution in [0.1, 0.15) is 24.0 Å². The lowest BCUT2D eigenvalue weighted by Crippen LogP contribution is -2.32. The second-order valence-electron chi connectivity index (χ2n) is 5.34. The Kier molecular flexibility index (Phi) is 6.09. The monoisotopic (exact) mass is 343 g/mol. The maximum Gasteiger partial charge on any atom is 0.329 e. The molecule has 2 rings (SSSR count). The predicted octanol–water partition coefficient (Wildman–Crippen LogP) is 3.49. The van der Waals surface area contributed by atoms with E-state index in [-0.39, 0.29) is 5.92 Å². The van der Waals surface area contributed by atoms with Crippen LogP contribution in [0.5, 0.6) is 0 Å². The molecule has 0 saturated heterocycles. The van der Waals surface area contributed by atoms with Gasteiger partial charge in [0.1, 0.15) is 0 Å². The topological polar surface area (TPSA) is 70.6 Å². The number of rotatable bonds is 4. The lowest BCUT2D eigenvalue weighted by molar-refractivity contribution is -0.136. The largest absolute Gasteiger partial charge is 0.329 e. The molecule has 2 aromatic carbocycles. The van der Waals surface area contributed by atoms with Gasteiger partial charge in [0, 0.05) is 22.8 Å². The zero-order valence-corrected chi connectivity index (χ0v) is 14.2. The van der Waals surface area contributed by atoms with Crippen molar-refractivity contribution in [2.75, 3.05) is 5.32 Å². The summed E-state index contributed by atoms with van der Waals surface area (Å²) in [5.74, 6) is -1.63. The van der Waals surface area contributed by atoms with Crippen molar-refractivity contribution in [2.45, 2.75) is 19.8 Å². The van der Waals surface area contributed by atoms with E-state index in [4.69, 9.17) is 11.6 Å². The zero-order chi connectivity index (χ0) is 17.5. The summed E-state index contributed by atoms with van der Waals surface area (Å²) in [6, 6.07) is 14.7. The van der Waals surface area contributed by atoms with E-state index in [2.05, 4.69) is 15.8 Å². The quantitative estimate of drug-likeness (QED) is 0.507. The number of anilines is 1. The third kappa shape index (κ3) is 4.93. The number of halogens is 1. The van der Waals surface area contributed by atoms with Gasteiger partial charge in [0.05, 0.1) is 0 Å². The molecule has 5 nitrogen and oxygen atoms in total. The minimum Gasteiger partial charge on any atom is -0.318 e. The number of hydrazone groups is 1. The SMILES string of the molecule is Cc1ccc(NC(=O)C(=O)N/N=C/C(C)c2ccccc2)cc1Cl. The number of hydrogen-bond donors (Lipinski definition) is 2. The van der Waals surface area contributed by atoms with Crippen LogP contribution in [0.4, 0.5) is 5.69 Å². The molecule has 2 N–H and O–H groups in total. The smallest absolute Gasteiger partial charge is 0.318 e. The van der Waals surface area contributed by atoms with Crippen molar-refractivity contribution in [1.29, 1.82) is 0 Å². The molecular formula is C18H18ClN3O2. The van der Waals surface area contributed by atoms with E-state index in [1.807, 2.05) is 44.2 Å². The Morgan fingerprint density at radius 2 is 1.83 bits per heavy atom. The van der Waals surface area contributed by atoms with E-state index >= 15 is 0 Å². The first kappa shape index (κ1) is 17.7. The Hall–Kier alpha value is -2.66. The van der Waals surface area contributed by atoms with Crippen LogP contribution in [-0.4, -0.2) is 18.0 Å². The normalized spacial score (nSPS) is 12.0. The van der Waals surface area contributed by atoms with Gasteiger partial charge in [0.25, 0.3) is 0 Å². The standard InChI is InChI=1S/C18H18ClN3O2/c1-12-8-9-15(10-16(12)19)21-17(23)18(24)22-20-11-13(2)14-6-4-3-5-7-14/h3-11,13H,1-2H3,(H,21,23)(H,22,24)/b20-11+. The molecule has 124 valence electrons. The Morgan fingerprint density at radius 1 is 1.12 bits per heavy atom. The van der Waals surface area contributed by atoms with Crippen LogP contribution in [0, 0.1) is 6.92 Å². The van der Waals surface area contributed by atoms with E-state index in [1.54, 1.807) is 24.4 Å². The summed E-state index contributed by atoms with van der Waals surface area (Å²) >= 11 is 5.98. The van der Waals surface area contributed by atoms with Gasteiger partial charge in [0.2, 0.25) is 0 Å². The molecule has 0 saturated carbocycles. The van der Waals surface area contributed by atoms with Crippen molar-refractivity contribution in [1.82, 2.24) is 5.43 Å². The third-order valence-corrected chi connectivity index (χ3v) is 3.83. The van der Waals surface area contributed by atoms with Crippen LogP contribution < -0.4 is 10.7 Å². The number of aryl methyl sites for hydroxylation is 1. The summed E-state index contributed by atoms with van der Waals surface area (Å²) in [5.41, 5.74) is 4.62. The first-order valence-electron chi connectivity index (χ1n) is 7.43. The lowest BCUT2D eigenvalue weighted by atomic mass is 10.0. The fraction of sp³-hybridized carbons (Fsp3) is 0.167. The van der Waals surface area contributed by atoms with Crippen molar-refractivity contribution in [3.05, 3.63) is 64.7 Å². The van der Waals surface area contributed by atoms with E-state index < -0.39 is 11.8 Å². The Bertz CT molecular complexity index is 760. The molecule has 0 heterocycles. The maximum atomic E-state index is 11.8. The van der Waals surface area contributed by atoms with Crippen LogP contribution in [0.15, 0.2) is 53.6 Å². The van der Waals surface area contributed by atoms with Gasteiger partial charge in [-0.15, -0.1) is 0 Å². The van der Waals surface area contributed by atoms with Crippen molar-refractivity contribution < 1.29 is 9.59 Å². The van der Waals surface area contributed by atoms with E-state index in [1.165, 1.54) is 0 Å². The second-order valence-corrected chi connectivity index (χ2v) is 5.74. The van der Waals surface area contributed by atoms with E-state index in [9.17, 15) is 9.59 Å². The third-order valence-electron chi connectivity index (χ3n) is 3.43. The first-order valence-corrected chi connectivity index (χ1v) is 7.81. The molecule has 0 aliphatic heterocycles. The number of carbonyl (C=O) groups excluding carboxylic acids is 2. The minimum atomic E-state index is -0.844. The lowest BCUT2D eigenvalue weighted by Gasteiger charge is -2.07. The molecule has 6 heteroatoms. The van der Waals surface area contributed by atoms with Crippen LogP contribution in [0.25, 0.3) is 0 Å². The van der Waals surface area contributed by atoms with E-state index in [0.29, 0.717) is 10.7 Å². The van der Waals surface area contributed by atoms with Crippen molar-refractivity contribution in [3.8, 4) is 0 Å².